The fourth-order valence-electron chi connectivity index (χ4n) is 1.84. The van der Waals surface area contributed by atoms with Crippen LogP contribution < -0.4 is 20.8 Å². The van der Waals surface area contributed by atoms with E-state index in [2.05, 4.69) is 6.92 Å². The fourth-order valence-corrected chi connectivity index (χ4v) is 1.84. The molecule has 0 unspecified atom stereocenters. The van der Waals surface area contributed by atoms with Crippen LogP contribution in [0.25, 0.3) is 0 Å². The normalized spacial score (nSPS) is 10.3. The summed E-state index contributed by atoms with van der Waals surface area (Å²) in [7, 11) is 0. The summed E-state index contributed by atoms with van der Waals surface area (Å²) in [6, 6.07) is 10.5. The maximum absolute atomic E-state index is 11.6. The van der Waals surface area contributed by atoms with E-state index in [4.69, 9.17) is 15.2 Å². The van der Waals surface area contributed by atoms with Gasteiger partial charge in [-0.1, -0.05) is 6.92 Å². The Labute approximate surface area is 123 Å². The molecule has 0 aliphatic rings. The minimum absolute atomic E-state index is 0.0869. The lowest BCUT2D eigenvalue weighted by Gasteiger charge is -2.09. The van der Waals surface area contributed by atoms with Gasteiger partial charge in [-0.15, -0.1) is 0 Å². The first-order valence-electron chi connectivity index (χ1n) is 7.00. The van der Waals surface area contributed by atoms with E-state index in [0.29, 0.717) is 25.4 Å². The Morgan fingerprint density at radius 3 is 2.24 bits per heavy atom. The van der Waals surface area contributed by atoms with Crippen molar-refractivity contribution in [3.8, 4) is 11.5 Å². The molecule has 2 rings (SSSR count). The quantitative estimate of drug-likeness (QED) is 0.849. The molecule has 2 N–H and O–H groups in total. The van der Waals surface area contributed by atoms with Crippen LogP contribution >= 0.6 is 0 Å². The average molecular weight is 288 g/mol. The molecule has 0 bridgehead atoms. The number of pyridine rings is 1. The van der Waals surface area contributed by atoms with Crippen LogP contribution in [0.3, 0.4) is 0 Å². The molecule has 5 heteroatoms. The lowest BCUT2D eigenvalue weighted by molar-refractivity contribution is 0.293. The molecule has 5 nitrogen and oxygen atoms in total. The number of nitrogens with zero attached hydrogens (tertiary/aromatic N) is 1. The van der Waals surface area contributed by atoms with Crippen LogP contribution in [0.4, 0.5) is 5.69 Å². The Bertz CT molecular complexity index is 620. The van der Waals surface area contributed by atoms with Gasteiger partial charge in [-0.05, 0) is 36.8 Å². The molecule has 21 heavy (non-hydrogen) atoms. The van der Waals surface area contributed by atoms with Gasteiger partial charge in [0.2, 0.25) is 0 Å². The average Bonchev–Trinajstić information content (AvgIpc) is 2.50. The van der Waals surface area contributed by atoms with E-state index < -0.39 is 0 Å². The summed E-state index contributed by atoms with van der Waals surface area (Å²) in [5.41, 5.74) is 6.13. The Hall–Kier alpha value is -2.43. The Kier molecular flexibility index (Phi) is 5.26. The van der Waals surface area contributed by atoms with Gasteiger partial charge >= 0.3 is 0 Å². The van der Waals surface area contributed by atoms with Crippen LogP contribution in [-0.2, 0) is 6.54 Å². The third-order valence-electron chi connectivity index (χ3n) is 2.90. The standard InChI is InChI=1S/C16H20N2O3/c1-2-10-20-14-4-6-15(7-5-14)21-11-9-18-12-13(17)3-8-16(18)19/h3-8,12H,2,9-11,17H2,1H3. The van der Waals surface area contributed by atoms with Crippen molar-refractivity contribution in [3.05, 3.63) is 52.9 Å². The Balaban J connectivity index is 1.85. The van der Waals surface area contributed by atoms with Gasteiger partial charge in [0, 0.05) is 18.0 Å². The van der Waals surface area contributed by atoms with Gasteiger partial charge in [-0.3, -0.25) is 4.79 Å². The van der Waals surface area contributed by atoms with E-state index in [1.54, 1.807) is 12.3 Å². The van der Waals surface area contributed by atoms with Crippen molar-refractivity contribution in [2.24, 2.45) is 0 Å². The predicted octanol–water partition coefficient (Wildman–Crippen LogP) is 2.30. The van der Waals surface area contributed by atoms with Crippen molar-refractivity contribution in [3.63, 3.8) is 0 Å². The highest BCUT2D eigenvalue weighted by molar-refractivity contribution is 5.33. The predicted molar refractivity (Wildman–Crippen MR) is 82.8 cm³/mol. The SMILES string of the molecule is CCCOc1ccc(OCCn2cc(N)ccc2=O)cc1. The molecule has 0 radical (unpaired) electrons. The van der Waals surface area contributed by atoms with Gasteiger partial charge in [-0.25, -0.2) is 0 Å². The van der Waals surface area contributed by atoms with E-state index in [9.17, 15) is 4.79 Å². The zero-order valence-electron chi connectivity index (χ0n) is 12.1. The topological polar surface area (TPSA) is 66.5 Å². The summed E-state index contributed by atoms with van der Waals surface area (Å²) in [5, 5.41) is 0. The second kappa shape index (κ2) is 7.38. The van der Waals surface area contributed by atoms with Crippen LogP contribution in [0.15, 0.2) is 47.4 Å². The lowest BCUT2D eigenvalue weighted by Crippen LogP contribution is -2.22. The number of nitrogen functional groups attached to an aromatic ring is 1. The Morgan fingerprint density at radius 2 is 1.62 bits per heavy atom. The molecule has 0 fully saturated rings. The van der Waals surface area contributed by atoms with Crippen LogP contribution in [0.1, 0.15) is 13.3 Å². The summed E-state index contributed by atoms with van der Waals surface area (Å²) >= 11 is 0. The number of benzene rings is 1. The van der Waals surface area contributed by atoms with E-state index in [1.165, 1.54) is 10.6 Å². The number of anilines is 1. The molecule has 0 amide bonds. The van der Waals surface area contributed by atoms with Gasteiger partial charge in [0.25, 0.3) is 5.56 Å². The third kappa shape index (κ3) is 4.56. The molecule has 0 atom stereocenters. The third-order valence-corrected chi connectivity index (χ3v) is 2.90. The fraction of sp³-hybridized carbons (Fsp3) is 0.312. The lowest BCUT2D eigenvalue weighted by atomic mass is 10.3. The van der Waals surface area contributed by atoms with Crippen molar-refractivity contribution < 1.29 is 9.47 Å². The van der Waals surface area contributed by atoms with Crippen molar-refractivity contribution in [2.45, 2.75) is 19.9 Å². The molecule has 0 saturated heterocycles. The number of nitrogens with two attached hydrogens (primary N) is 1. The van der Waals surface area contributed by atoms with E-state index in [0.717, 1.165) is 17.9 Å². The zero-order chi connectivity index (χ0) is 15.1. The van der Waals surface area contributed by atoms with Gasteiger partial charge in [0.15, 0.2) is 0 Å². The summed E-state index contributed by atoms with van der Waals surface area (Å²) in [4.78, 5) is 11.6. The molecule has 0 saturated carbocycles. The molecule has 0 aliphatic carbocycles. The van der Waals surface area contributed by atoms with Crippen LogP contribution in [0.2, 0.25) is 0 Å². The number of rotatable bonds is 7. The minimum atomic E-state index is -0.0869. The van der Waals surface area contributed by atoms with Gasteiger partial charge < -0.3 is 19.8 Å². The van der Waals surface area contributed by atoms with Crippen LogP contribution in [0, 0.1) is 0 Å². The number of hydrogen-bond donors (Lipinski definition) is 1. The molecule has 1 heterocycles. The minimum Gasteiger partial charge on any atom is -0.494 e. The van der Waals surface area contributed by atoms with Crippen molar-refractivity contribution in [1.29, 1.82) is 0 Å². The van der Waals surface area contributed by atoms with Gasteiger partial charge in [-0.2, -0.15) is 0 Å². The molecular formula is C16H20N2O3. The van der Waals surface area contributed by atoms with Gasteiger partial charge in [0.05, 0.1) is 13.2 Å². The van der Waals surface area contributed by atoms with Crippen LogP contribution in [-0.4, -0.2) is 17.8 Å². The monoisotopic (exact) mass is 288 g/mol. The van der Waals surface area contributed by atoms with Crippen molar-refractivity contribution >= 4 is 5.69 Å². The summed E-state index contributed by atoms with van der Waals surface area (Å²) in [5.74, 6) is 1.58. The van der Waals surface area contributed by atoms with Crippen molar-refractivity contribution in [1.82, 2.24) is 4.57 Å². The van der Waals surface area contributed by atoms with Crippen LogP contribution in [0.5, 0.6) is 11.5 Å². The van der Waals surface area contributed by atoms with E-state index in [1.807, 2.05) is 24.3 Å². The van der Waals surface area contributed by atoms with Gasteiger partial charge in [0.1, 0.15) is 18.1 Å². The highest BCUT2D eigenvalue weighted by Gasteiger charge is 1.99. The first kappa shape index (κ1) is 15.0. The highest BCUT2D eigenvalue weighted by Crippen LogP contribution is 2.17. The largest absolute Gasteiger partial charge is 0.494 e. The van der Waals surface area contributed by atoms with E-state index in [-0.39, 0.29) is 5.56 Å². The second-order valence-corrected chi connectivity index (χ2v) is 4.66. The molecule has 0 spiro atoms. The molecule has 1 aromatic heterocycles. The molecule has 2 aromatic rings. The first-order chi connectivity index (χ1) is 10.2. The second-order valence-electron chi connectivity index (χ2n) is 4.66. The van der Waals surface area contributed by atoms with E-state index >= 15 is 0 Å². The highest BCUT2D eigenvalue weighted by atomic mass is 16.5. The number of hydrogen-bond acceptors (Lipinski definition) is 4. The number of aromatic nitrogens is 1. The number of ether oxygens (including phenoxy) is 2. The molecular weight excluding hydrogens is 268 g/mol. The summed E-state index contributed by atoms with van der Waals surface area (Å²) in [6.07, 6.45) is 2.60. The zero-order valence-corrected chi connectivity index (χ0v) is 12.1. The molecule has 0 aliphatic heterocycles. The smallest absolute Gasteiger partial charge is 0.250 e. The first-order valence-corrected chi connectivity index (χ1v) is 7.00. The van der Waals surface area contributed by atoms with Crippen molar-refractivity contribution in [2.75, 3.05) is 18.9 Å². The summed E-state index contributed by atoms with van der Waals surface area (Å²) in [6.45, 7) is 3.63. The maximum Gasteiger partial charge on any atom is 0.250 e. The molecule has 1 aromatic carbocycles. The molecule has 112 valence electrons. The maximum atomic E-state index is 11.6. The Morgan fingerprint density at radius 1 is 1.00 bits per heavy atom. The summed E-state index contributed by atoms with van der Waals surface area (Å²) < 4.78 is 12.6.